The van der Waals surface area contributed by atoms with E-state index < -0.39 is 0 Å². The summed E-state index contributed by atoms with van der Waals surface area (Å²) in [5.74, 6) is 0.648. The zero-order valence-electron chi connectivity index (χ0n) is 9.27. The number of halogens is 1. The van der Waals surface area contributed by atoms with E-state index in [-0.39, 0.29) is 11.8 Å². The van der Waals surface area contributed by atoms with Crippen molar-refractivity contribution >= 4 is 34.5 Å². The summed E-state index contributed by atoms with van der Waals surface area (Å²) in [6.45, 7) is 1.61. The summed E-state index contributed by atoms with van der Waals surface area (Å²) < 4.78 is 2.09. The molecule has 88 valence electrons. The molecule has 3 rings (SSSR count). The molecule has 0 saturated heterocycles. The summed E-state index contributed by atoms with van der Waals surface area (Å²) in [7, 11) is 0. The second kappa shape index (κ2) is 4.04. The summed E-state index contributed by atoms with van der Waals surface area (Å²) in [6, 6.07) is 7.93. The number of aryl methyl sites for hydroxylation is 1. The first kappa shape index (κ1) is 10.6. The van der Waals surface area contributed by atoms with Gasteiger partial charge in [0.15, 0.2) is 0 Å². The van der Waals surface area contributed by atoms with Crippen LogP contribution in [-0.2, 0) is 11.3 Å². The predicted octanol–water partition coefficient (Wildman–Crippen LogP) is 2.01. The third-order valence-corrected chi connectivity index (χ3v) is 3.28. The van der Waals surface area contributed by atoms with Crippen LogP contribution >= 0.6 is 11.6 Å². The van der Waals surface area contributed by atoms with Crippen molar-refractivity contribution in [3.05, 3.63) is 24.3 Å². The fourth-order valence-electron chi connectivity index (χ4n) is 2.28. The number of alkyl halides is 1. The van der Waals surface area contributed by atoms with Gasteiger partial charge in [0.2, 0.25) is 11.9 Å². The van der Waals surface area contributed by atoms with Crippen LogP contribution < -0.4 is 4.90 Å². The van der Waals surface area contributed by atoms with Crippen molar-refractivity contribution in [2.45, 2.75) is 13.0 Å². The number of rotatable bonds is 1. The molecule has 0 unspecified atom stereocenters. The fourth-order valence-corrected chi connectivity index (χ4v) is 2.43. The van der Waals surface area contributed by atoms with Gasteiger partial charge in [-0.3, -0.25) is 9.69 Å². The van der Waals surface area contributed by atoms with Gasteiger partial charge < -0.3 is 4.57 Å². The van der Waals surface area contributed by atoms with E-state index in [1.165, 1.54) is 0 Å². The van der Waals surface area contributed by atoms with Gasteiger partial charge >= 0.3 is 0 Å². The average molecular weight is 250 g/mol. The minimum Gasteiger partial charge on any atom is -0.310 e. The topological polar surface area (TPSA) is 38.1 Å². The van der Waals surface area contributed by atoms with Crippen LogP contribution in [0.2, 0.25) is 0 Å². The second-order valence-electron chi connectivity index (χ2n) is 4.08. The molecule has 0 bridgehead atoms. The fraction of sp³-hybridized carbons (Fsp3) is 0.333. The van der Waals surface area contributed by atoms with Crippen molar-refractivity contribution in [2.75, 3.05) is 17.3 Å². The standard InChI is InChI=1S/C12H12ClN3O/c13-8-11(17)16-7-3-6-15-10-5-2-1-4-9(10)14-12(15)16/h1-2,4-5H,3,6-8H2. The summed E-state index contributed by atoms with van der Waals surface area (Å²) in [5, 5.41) is 0. The van der Waals surface area contributed by atoms with Gasteiger partial charge in [0.25, 0.3) is 0 Å². The highest BCUT2D eigenvalue weighted by molar-refractivity contribution is 6.29. The number of nitrogens with zero attached hydrogens (tertiary/aromatic N) is 3. The normalized spacial score (nSPS) is 15.0. The molecule has 2 aromatic rings. The molecule has 17 heavy (non-hydrogen) atoms. The van der Waals surface area contributed by atoms with Crippen LogP contribution in [0.1, 0.15) is 6.42 Å². The molecule has 2 heterocycles. The zero-order chi connectivity index (χ0) is 11.8. The summed E-state index contributed by atoms with van der Waals surface area (Å²) >= 11 is 5.62. The Labute approximate surface area is 104 Å². The summed E-state index contributed by atoms with van der Waals surface area (Å²) in [4.78, 5) is 17.9. The molecule has 1 amide bonds. The Balaban J connectivity index is 2.17. The molecule has 4 nitrogen and oxygen atoms in total. The Bertz CT molecular complexity index is 578. The number of aromatic nitrogens is 2. The minimum atomic E-state index is -0.0806. The molecular weight excluding hydrogens is 238 g/mol. The smallest absolute Gasteiger partial charge is 0.244 e. The molecular formula is C12H12ClN3O. The third-order valence-electron chi connectivity index (χ3n) is 3.05. The molecule has 0 spiro atoms. The number of amides is 1. The van der Waals surface area contributed by atoms with Gasteiger partial charge in [-0.05, 0) is 18.6 Å². The number of anilines is 1. The lowest BCUT2D eigenvalue weighted by molar-refractivity contribution is -0.116. The highest BCUT2D eigenvalue weighted by atomic mass is 35.5. The first-order valence-electron chi connectivity index (χ1n) is 5.63. The Hall–Kier alpha value is -1.55. The highest BCUT2D eigenvalue weighted by Gasteiger charge is 2.25. The quantitative estimate of drug-likeness (QED) is 0.725. The first-order valence-corrected chi connectivity index (χ1v) is 6.16. The van der Waals surface area contributed by atoms with E-state index in [1.54, 1.807) is 4.90 Å². The number of imidazole rings is 1. The Morgan fingerprint density at radius 3 is 3.00 bits per heavy atom. The number of fused-ring (bicyclic) bond motifs is 3. The number of carbonyl (C=O) groups excluding carboxylic acids is 1. The lowest BCUT2D eigenvalue weighted by Crippen LogP contribution is -2.38. The van der Waals surface area contributed by atoms with Crippen molar-refractivity contribution < 1.29 is 4.79 Å². The lowest BCUT2D eigenvalue weighted by Gasteiger charge is -2.26. The molecule has 1 aliphatic heterocycles. The zero-order valence-corrected chi connectivity index (χ0v) is 10.0. The van der Waals surface area contributed by atoms with Crippen molar-refractivity contribution in [1.29, 1.82) is 0 Å². The van der Waals surface area contributed by atoms with Crippen LogP contribution in [-0.4, -0.2) is 27.9 Å². The van der Waals surface area contributed by atoms with Crippen LogP contribution in [0, 0.1) is 0 Å². The van der Waals surface area contributed by atoms with E-state index in [2.05, 4.69) is 9.55 Å². The van der Waals surface area contributed by atoms with E-state index >= 15 is 0 Å². The van der Waals surface area contributed by atoms with E-state index in [4.69, 9.17) is 11.6 Å². The van der Waals surface area contributed by atoms with Gasteiger partial charge in [0, 0.05) is 13.1 Å². The van der Waals surface area contributed by atoms with E-state index in [9.17, 15) is 4.79 Å². The number of carbonyl (C=O) groups is 1. The van der Waals surface area contributed by atoms with Crippen molar-refractivity contribution in [2.24, 2.45) is 0 Å². The monoisotopic (exact) mass is 249 g/mol. The minimum absolute atomic E-state index is 0.00318. The SMILES string of the molecule is O=C(CCl)N1CCCn2c1nc1ccccc12. The van der Waals surface area contributed by atoms with Crippen molar-refractivity contribution in [3.63, 3.8) is 0 Å². The Morgan fingerprint density at radius 2 is 2.18 bits per heavy atom. The van der Waals surface area contributed by atoms with Gasteiger partial charge in [-0.2, -0.15) is 0 Å². The van der Waals surface area contributed by atoms with Crippen LogP contribution in [0.5, 0.6) is 0 Å². The van der Waals surface area contributed by atoms with E-state index in [0.29, 0.717) is 6.54 Å². The molecule has 1 aliphatic rings. The van der Waals surface area contributed by atoms with Crippen LogP contribution in [0.4, 0.5) is 5.95 Å². The van der Waals surface area contributed by atoms with Crippen molar-refractivity contribution in [1.82, 2.24) is 9.55 Å². The van der Waals surface area contributed by atoms with E-state index in [1.807, 2.05) is 24.3 Å². The molecule has 5 heteroatoms. The van der Waals surface area contributed by atoms with Crippen LogP contribution in [0.15, 0.2) is 24.3 Å². The Kier molecular flexibility index (Phi) is 2.52. The maximum atomic E-state index is 11.7. The first-order chi connectivity index (χ1) is 8.31. The van der Waals surface area contributed by atoms with Crippen molar-refractivity contribution in [3.8, 4) is 0 Å². The van der Waals surface area contributed by atoms with Gasteiger partial charge in [-0.15, -0.1) is 11.6 Å². The lowest BCUT2D eigenvalue weighted by atomic mass is 10.3. The predicted molar refractivity (Wildman–Crippen MR) is 67.4 cm³/mol. The maximum Gasteiger partial charge on any atom is 0.244 e. The molecule has 1 aromatic heterocycles. The summed E-state index contributed by atoms with van der Waals surface area (Å²) in [6.07, 6.45) is 0.940. The van der Waals surface area contributed by atoms with Crippen LogP contribution in [0.25, 0.3) is 11.0 Å². The molecule has 0 fully saturated rings. The molecule has 0 N–H and O–H groups in total. The van der Waals surface area contributed by atoms with E-state index in [0.717, 1.165) is 29.9 Å². The highest BCUT2D eigenvalue weighted by Crippen LogP contribution is 2.26. The van der Waals surface area contributed by atoms with Gasteiger partial charge in [0.1, 0.15) is 5.88 Å². The number of para-hydroxylation sites is 2. The van der Waals surface area contributed by atoms with Gasteiger partial charge in [0.05, 0.1) is 11.0 Å². The second-order valence-corrected chi connectivity index (χ2v) is 4.35. The molecule has 0 aliphatic carbocycles. The molecule has 0 atom stereocenters. The number of benzene rings is 1. The maximum absolute atomic E-state index is 11.7. The molecule has 0 radical (unpaired) electrons. The third kappa shape index (κ3) is 1.60. The molecule has 1 aromatic carbocycles. The molecule has 0 saturated carbocycles. The summed E-state index contributed by atoms with van der Waals surface area (Å²) in [5.41, 5.74) is 2.01. The van der Waals surface area contributed by atoms with Crippen LogP contribution in [0.3, 0.4) is 0 Å². The van der Waals surface area contributed by atoms with Gasteiger partial charge in [-0.25, -0.2) is 4.98 Å². The number of hydrogen-bond acceptors (Lipinski definition) is 2. The Morgan fingerprint density at radius 1 is 1.35 bits per heavy atom. The number of hydrogen-bond donors (Lipinski definition) is 0. The average Bonchev–Trinajstić information content (AvgIpc) is 2.76. The van der Waals surface area contributed by atoms with Gasteiger partial charge in [-0.1, -0.05) is 12.1 Å². The largest absolute Gasteiger partial charge is 0.310 e.